The minimum absolute atomic E-state index is 0.680. The van der Waals surface area contributed by atoms with E-state index in [2.05, 4.69) is 38.0 Å². The maximum absolute atomic E-state index is 3.48. The Morgan fingerprint density at radius 1 is 1.29 bits per heavy atom. The summed E-state index contributed by atoms with van der Waals surface area (Å²) in [7, 11) is 2.11. The lowest BCUT2D eigenvalue weighted by Crippen LogP contribution is -2.53. The van der Waals surface area contributed by atoms with E-state index in [-0.39, 0.29) is 0 Å². The van der Waals surface area contributed by atoms with Crippen LogP contribution in [-0.2, 0) is 0 Å². The van der Waals surface area contributed by atoms with Crippen LogP contribution in [0.2, 0.25) is 0 Å². The number of nitrogens with zero attached hydrogens (tertiary/aromatic N) is 1. The Morgan fingerprint density at radius 3 is 2.43 bits per heavy atom. The van der Waals surface area contributed by atoms with E-state index in [1.807, 2.05) is 0 Å². The molecule has 0 heterocycles. The van der Waals surface area contributed by atoms with E-state index in [1.54, 1.807) is 0 Å². The van der Waals surface area contributed by atoms with Crippen molar-refractivity contribution in [2.75, 3.05) is 13.6 Å². The van der Waals surface area contributed by atoms with E-state index in [9.17, 15) is 0 Å². The molecule has 0 bridgehead atoms. The van der Waals surface area contributed by atoms with Gasteiger partial charge in [-0.25, -0.2) is 0 Å². The van der Waals surface area contributed by atoms with Crippen molar-refractivity contribution in [3.8, 4) is 0 Å². The SMILES string of the molecule is CCN(C(C)C)[C@H]1CCCC[C@@H]1NC. The summed E-state index contributed by atoms with van der Waals surface area (Å²) in [5.41, 5.74) is 0. The van der Waals surface area contributed by atoms with Gasteiger partial charge in [0, 0.05) is 18.1 Å². The van der Waals surface area contributed by atoms with Gasteiger partial charge in [-0.2, -0.15) is 0 Å². The minimum Gasteiger partial charge on any atom is -0.315 e. The topological polar surface area (TPSA) is 15.3 Å². The van der Waals surface area contributed by atoms with Gasteiger partial charge in [0.2, 0.25) is 0 Å². The second-order valence-electron chi connectivity index (χ2n) is 4.67. The van der Waals surface area contributed by atoms with Gasteiger partial charge < -0.3 is 5.32 Å². The maximum atomic E-state index is 3.48. The van der Waals surface area contributed by atoms with E-state index >= 15 is 0 Å². The predicted molar refractivity (Wildman–Crippen MR) is 62.6 cm³/mol. The summed E-state index contributed by atoms with van der Waals surface area (Å²) < 4.78 is 0. The van der Waals surface area contributed by atoms with Gasteiger partial charge in [-0.3, -0.25) is 4.90 Å². The lowest BCUT2D eigenvalue weighted by atomic mass is 9.88. The Kier molecular flexibility index (Phi) is 4.90. The van der Waals surface area contributed by atoms with E-state index < -0.39 is 0 Å². The molecule has 2 nitrogen and oxygen atoms in total. The van der Waals surface area contributed by atoms with Crippen molar-refractivity contribution in [2.45, 2.75) is 64.6 Å². The third-order valence-corrected chi connectivity index (χ3v) is 3.55. The molecule has 0 spiro atoms. The number of rotatable bonds is 4. The molecular formula is C12H26N2. The average Bonchev–Trinajstić information content (AvgIpc) is 2.19. The van der Waals surface area contributed by atoms with Gasteiger partial charge in [0.05, 0.1) is 0 Å². The van der Waals surface area contributed by atoms with Gasteiger partial charge >= 0.3 is 0 Å². The summed E-state index contributed by atoms with van der Waals surface area (Å²) in [4.78, 5) is 2.64. The lowest BCUT2D eigenvalue weighted by Gasteiger charge is -2.41. The lowest BCUT2D eigenvalue weighted by molar-refractivity contribution is 0.101. The fraction of sp³-hybridized carbons (Fsp3) is 1.00. The molecule has 0 amide bonds. The van der Waals surface area contributed by atoms with Crippen molar-refractivity contribution in [1.82, 2.24) is 10.2 Å². The molecule has 2 atom stereocenters. The molecule has 0 radical (unpaired) electrons. The van der Waals surface area contributed by atoms with Gasteiger partial charge in [0.15, 0.2) is 0 Å². The maximum Gasteiger partial charge on any atom is 0.0251 e. The van der Waals surface area contributed by atoms with Crippen LogP contribution < -0.4 is 5.32 Å². The zero-order valence-corrected chi connectivity index (χ0v) is 10.2. The summed E-state index contributed by atoms with van der Waals surface area (Å²) in [6, 6.07) is 2.16. The van der Waals surface area contributed by atoms with Crippen molar-refractivity contribution < 1.29 is 0 Å². The molecular weight excluding hydrogens is 172 g/mol. The van der Waals surface area contributed by atoms with Gasteiger partial charge in [-0.15, -0.1) is 0 Å². The summed E-state index contributed by atoms with van der Waals surface area (Å²) in [5, 5.41) is 3.48. The largest absolute Gasteiger partial charge is 0.315 e. The molecule has 0 saturated heterocycles. The molecule has 1 rings (SSSR count). The Morgan fingerprint density at radius 2 is 1.93 bits per heavy atom. The number of nitrogens with one attached hydrogen (secondary N) is 1. The van der Waals surface area contributed by atoms with Crippen LogP contribution in [0.1, 0.15) is 46.5 Å². The summed E-state index contributed by atoms with van der Waals surface area (Å²) >= 11 is 0. The molecule has 0 aromatic heterocycles. The molecule has 0 aliphatic heterocycles. The average molecular weight is 198 g/mol. The first-order valence-electron chi connectivity index (χ1n) is 6.13. The third kappa shape index (κ3) is 2.71. The Balaban J connectivity index is 2.60. The van der Waals surface area contributed by atoms with Gasteiger partial charge in [0.1, 0.15) is 0 Å². The first-order chi connectivity index (χ1) is 6.70. The molecule has 1 aliphatic carbocycles. The highest BCUT2D eigenvalue weighted by atomic mass is 15.2. The van der Waals surface area contributed by atoms with E-state index in [0.29, 0.717) is 12.1 Å². The fourth-order valence-corrected chi connectivity index (χ4v) is 2.83. The van der Waals surface area contributed by atoms with Crippen LogP contribution in [0.4, 0.5) is 0 Å². The van der Waals surface area contributed by atoms with Crippen molar-refractivity contribution >= 4 is 0 Å². The van der Waals surface area contributed by atoms with E-state index in [0.717, 1.165) is 6.04 Å². The van der Waals surface area contributed by atoms with Gasteiger partial charge in [-0.1, -0.05) is 19.8 Å². The highest BCUT2D eigenvalue weighted by Gasteiger charge is 2.29. The molecule has 84 valence electrons. The van der Waals surface area contributed by atoms with Crippen LogP contribution in [0.3, 0.4) is 0 Å². The quantitative estimate of drug-likeness (QED) is 0.745. The van der Waals surface area contributed by atoms with Gasteiger partial charge in [-0.05, 0) is 40.3 Å². The molecule has 2 heteroatoms. The highest BCUT2D eigenvalue weighted by molar-refractivity contribution is 4.88. The summed E-state index contributed by atoms with van der Waals surface area (Å²) in [6.45, 7) is 8.08. The second-order valence-corrected chi connectivity index (χ2v) is 4.67. The van der Waals surface area contributed by atoms with Crippen molar-refractivity contribution in [3.05, 3.63) is 0 Å². The normalized spacial score (nSPS) is 28.7. The molecule has 14 heavy (non-hydrogen) atoms. The molecule has 0 unspecified atom stereocenters. The van der Waals surface area contributed by atoms with Crippen LogP contribution in [0.5, 0.6) is 0 Å². The van der Waals surface area contributed by atoms with Gasteiger partial charge in [0.25, 0.3) is 0 Å². The molecule has 1 aliphatic rings. The number of likely N-dealkylation sites (N-methyl/N-ethyl adjacent to an activating group) is 2. The van der Waals surface area contributed by atoms with Crippen LogP contribution in [0.15, 0.2) is 0 Å². The first-order valence-corrected chi connectivity index (χ1v) is 6.13. The van der Waals surface area contributed by atoms with Crippen molar-refractivity contribution in [2.24, 2.45) is 0 Å². The summed E-state index contributed by atoms with van der Waals surface area (Å²) in [5.74, 6) is 0. The number of hydrogen-bond donors (Lipinski definition) is 1. The third-order valence-electron chi connectivity index (χ3n) is 3.55. The Hall–Kier alpha value is -0.0800. The zero-order chi connectivity index (χ0) is 10.6. The van der Waals surface area contributed by atoms with Crippen LogP contribution in [0, 0.1) is 0 Å². The van der Waals surface area contributed by atoms with E-state index in [1.165, 1.54) is 32.2 Å². The van der Waals surface area contributed by atoms with Crippen molar-refractivity contribution in [1.29, 1.82) is 0 Å². The molecule has 0 aromatic carbocycles. The van der Waals surface area contributed by atoms with Crippen LogP contribution >= 0.6 is 0 Å². The monoisotopic (exact) mass is 198 g/mol. The minimum atomic E-state index is 0.680. The smallest absolute Gasteiger partial charge is 0.0251 e. The standard InChI is InChI=1S/C12H26N2/c1-5-14(10(2)3)12-9-7-6-8-11(12)13-4/h10-13H,5-9H2,1-4H3/t11-,12-/m0/s1. The van der Waals surface area contributed by atoms with Crippen LogP contribution in [0.25, 0.3) is 0 Å². The second kappa shape index (κ2) is 5.72. The fourth-order valence-electron chi connectivity index (χ4n) is 2.83. The Bertz CT molecular complexity index is 156. The first kappa shape index (κ1) is 12.0. The van der Waals surface area contributed by atoms with Crippen LogP contribution in [-0.4, -0.2) is 36.6 Å². The summed E-state index contributed by atoms with van der Waals surface area (Å²) in [6.07, 6.45) is 5.53. The van der Waals surface area contributed by atoms with E-state index in [4.69, 9.17) is 0 Å². The van der Waals surface area contributed by atoms with Crippen molar-refractivity contribution in [3.63, 3.8) is 0 Å². The zero-order valence-electron chi connectivity index (χ0n) is 10.2. The highest BCUT2D eigenvalue weighted by Crippen LogP contribution is 2.24. The number of hydrogen-bond acceptors (Lipinski definition) is 2. The molecule has 1 N–H and O–H groups in total. The molecule has 1 saturated carbocycles. The Labute approximate surface area is 89.1 Å². The predicted octanol–water partition coefficient (Wildman–Crippen LogP) is 2.25. The molecule has 1 fully saturated rings. The molecule has 0 aromatic rings.